The fourth-order valence-corrected chi connectivity index (χ4v) is 3.71. The summed E-state index contributed by atoms with van der Waals surface area (Å²) in [5.41, 5.74) is 6.24. The summed E-state index contributed by atoms with van der Waals surface area (Å²) in [6, 6.07) is 13.1. The van der Waals surface area contributed by atoms with Gasteiger partial charge in [-0.15, -0.1) is 0 Å². The van der Waals surface area contributed by atoms with E-state index in [0.29, 0.717) is 13.2 Å². The Kier molecular flexibility index (Phi) is 6.00. The van der Waals surface area contributed by atoms with E-state index in [1.165, 1.54) is 47.1 Å². The highest BCUT2D eigenvalue weighted by molar-refractivity contribution is 5.74. The van der Waals surface area contributed by atoms with Crippen molar-refractivity contribution in [2.75, 3.05) is 19.7 Å². The number of ether oxygens (including phenoxy) is 1. The van der Waals surface area contributed by atoms with Crippen molar-refractivity contribution < 1.29 is 9.84 Å². The Balaban J connectivity index is 1.63. The van der Waals surface area contributed by atoms with Crippen molar-refractivity contribution >= 4 is 0 Å². The predicted octanol–water partition coefficient (Wildman–Crippen LogP) is 4.28. The van der Waals surface area contributed by atoms with Crippen LogP contribution in [0, 0.1) is 6.92 Å². The molecule has 3 rings (SSSR count). The lowest BCUT2D eigenvalue weighted by molar-refractivity contribution is 0.0796. The van der Waals surface area contributed by atoms with Gasteiger partial charge in [0.15, 0.2) is 0 Å². The molecule has 0 aromatic heterocycles. The average Bonchev–Trinajstić information content (AvgIpc) is 3.07. The quantitative estimate of drug-likeness (QED) is 0.696. The molecule has 2 aromatic rings. The number of aliphatic hydroxyl groups is 1. The maximum atomic E-state index is 9.70. The topological polar surface area (TPSA) is 41.5 Å². The zero-order valence-electron chi connectivity index (χ0n) is 16.3. The fourth-order valence-electron chi connectivity index (χ4n) is 3.71. The molecule has 0 saturated carbocycles. The zero-order valence-corrected chi connectivity index (χ0v) is 16.3. The molecule has 0 fully saturated rings. The molecule has 1 aliphatic rings. The number of hydrogen-bond donors (Lipinski definition) is 2. The number of nitrogens with one attached hydrogen (secondary N) is 1. The number of hydrogen-bond acceptors (Lipinski definition) is 3. The van der Waals surface area contributed by atoms with Crippen LogP contribution in [0.3, 0.4) is 0 Å². The van der Waals surface area contributed by atoms with E-state index in [1.54, 1.807) is 0 Å². The van der Waals surface area contributed by atoms with Gasteiger partial charge in [0.2, 0.25) is 0 Å². The minimum Gasteiger partial charge on any atom is -0.493 e. The number of aryl methyl sites for hydroxylation is 1. The van der Waals surface area contributed by atoms with E-state index in [4.69, 9.17) is 4.74 Å². The Labute approximate surface area is 157 Å². The highest BCUT2D eigenvalue weighted by Gasteiger charge is 2.17. The molecule has 2 aromatic carbocycles. The van der Waals surface area contributed by atoms with Gasteiger partial charge in [0.1, 0.15) is 5.75 Å². The molecule has 0 unspecified atom stereocenters. The lowest BCUT2D eigenvalue weighted by Crippen LogP contribution is -2.35. The summed E-state index contributed by atoms with van der Waals surface area (Å²) in [6.45, 7) is 7.90. The van der Waals surface area contributed by atoms with Gasteiger partial charge in [0.25, 0.3) is 0 Å². The van der Waals surface area contributed by atoms with Crippen molar-refractivity contribution in [1.29, 1.82) is 0 Å². The van der Waals surface area contributed by atoms with Crippen LogP contribution < -0.4 is 10.1 Å². The fraction of sp³-hybridized carbons (Fsp3) is 0.478. The van der Waals surface area contributed by atoms with Crippen molar-refractivity contribution in [1.82, 2.24) is 5.32 Å². The number of rotatable bonds is 8. The molecule has 0 spiro atoms. The molecule has 26 heavy (non-hydrogen) atoms. The molecule has 0 atom stereocenters. The van der Waals surface area contributed by atoms with E-state index in [1.807, 2.05) is 13.8 Å². The second-order valence-corrected chi connectivity index (χ2v) is 7.92. The molecule has 140 valence electrons. The van der Waals surface area contributed by atoms with Crippen molar-refractivity contribution in [2.45, 2.75) is 52.1 Å². The Hall–Kier alpha value is -1.84. The summed E-state index contributed by atoms with van der Waals surface area (Å²) in [5, 5.41) is 13.0. The Morgan fingerprint density at radius 1 is 1.08 bits per heavy atom. The number of fused-ring (bicyclic) bond motifs is 1. The van der Waals surface area contributed by atoms with Crippen LogP contribution in [0.2, 0.25) is 0 Å². The first-order valence-electron chi connectivity index (χ1n) is 9.72. The van der Waals surface area contributed by atoms with Gasteiger partial charge in [-0.05, 0) is 86.9 Å². The van der Waals surface area contributed by atoms with E-state index >= 15 is 0 Å². The van der Waals surface area contributed by atoms with Crippen molar-refractivity contribution in [3.8, 4) is 16.9 Å². The van der Waals surface area contributed by atoms with Crippen LogP contribution in [-0.2, 0) is 12.8 Å². The first-order chi connectivity index (χ1) is 12.5. The Morgan fingerprint density at radius 2 is 1.85 bits per heavy atom. The summed E-state index contributed by atoms with van der Waals surface area (Å²) in [5.74, 6) is 0.973. The van der Waals surface area contributed by atoms with Gasteiger partial charge in [-0.2, -0.15) is 0 Å². The smallest absolute Gasteiger partial charge is 0.122 e. The monoisotopic (exact) mass is 353 g/mol. The van der Waals surface area contributed by atoms with Gasteiger partial charge in [-0.1, -0.05) is 30.3 Å². The molecule has 3 nitrogen and oxygen atoms in total. The zero-order chi connectivity index (χ0) is 18.6. The van der Waals surface area contributed by atoms with Crippen LogP contribution in [0.25, 0.3) is 11.1 Å². The van der Waals surface area contributed by atoms with E-state index in [9.17, 15) is 5.11 Å². The lowest BCUT2D eigenvalue weighted by Gasteiger charge is -2.18. The largest absolute Gasteiger partial charge is 0.493 e. The van der Waals surface area contributed by atoms with Crippen molar-refractivity contribution in [3.05, 3.63) is 53.1 Å². The molecule has 1 aliphatic carbocycles. The minimum atomic E-state index is -0.665. The highest BCUT2D eigenvalue weighted by atomic mass is 16.5. The number of benzene rings is 2. The summed E-state index contributed by atoms with van der Waals surface area (Å²) >= 11 is 0. The van der Waals surface area contributed by atoms with Crippen LogP contribution >= 0.6 is 0 Å². The molecule has 0 radical (unpaired) electrons. The molecular formula is C23H31NO2. The van der Waals surface area contributed by atoms with E-state index in [0.717, 1.165) is 18.7 Å². The van der Waals surface area contributed by atoms with E-state index < -0.39 is 5.60 Å². The van der Waals surface area contributed by atoms with Gasteiger partial charge in [-0.3, -0.25) is 0 Å². The van der Waals surface area contributed by atoms with E-state index in [-0.39, 0.29) is 0 Å². The SMILES string of the molecule is Cc1c(OCCCNCC(C)(C)O)cccc1-c1cccc2c1CCC2. The third kappa shape index (κ3) is 4.66. The average molecular weight is 354 g/mol. The van der Waals surface area contributed by atoms with Crippen LogP contribution in [0.1, 0.15) is 43.4 Å². The molecule has 0 amide bonds. The molecule has 3 heteroatoms. The Morgan fingerprint density at radius 3 is 2.65 bits per heavy atom. The van der Waals surface area contributed by atoms with Crippen LogP contribution in [0.15, 0.2) is 36.4 Å². The normalized spacial score (nSPS) is 13.7. The second-order valence-electron chi connectivity index (χ2n) is 7.92. The van der Waals surface area contributed by atoms with Crippen LogP contribution in [0.4, 0.5) is 0 Å². The first kappa shape index (κ1) is 18.9. The summed E-state index contributed by atoms with van der Waals surface area (Å²) in [7, 11) is 0. The molecule has 0 bridgehead atoms. The molecule has 2 N–H and O–H groups in total. The van der Waals surface area contributed by atoms with E-state index in [2.05, 4.69) is 48.6 Å². The first-order valence-corrected chi connectivity index (χ1v) is 9.72. The highest BCUT2D eigenvalue weighted by Crippen LogP contribution is 2.36. The summed E-state index contributed by atoms with van der Waals surface area (Å²) in [6.07, 6.45) is 4.57. The van der Waals surface area contributed by atoms with Crippen LogP contribution in [0.5, 0.6) is 5.75 Å². The Bertz CT molecular complexity index is 746. The van der Waals surface area contributed by atoms with Crippen LogP contribution in [-0.4, -0.2) is 30.4 Å². The third-order valence-electron chi connectivity index (χ3n) is 5.03. The molecule has 0 heterocycles. The summed E-state index contributed by atoms with van der Waals surface area (Å²) in [4.78, 5) is 0. The van der Waals surface area contributed by atoms with Gasteiger partial charge in [0, 0.05) is 6.54 Å². The minimum absolute atomic E-state index is 0.598. The predicted molar refractivity (Wildman–Crippen MR) is 108 cm³/mol. The maximum Gasteiger partial charge on any atom is 0.122 e. The van der Waals surface area contributed by atoms with Gasteiger partial charge >= 0.3 is 0 Å². The third-order valence-corrected chi connectivity index (χ3v) is 5.03. The maximum absolute atomic E-state index is 9.70. The molecule has 0 saturated heterocycles. The van der Waals surface area contributed by atoms with Gasteiger partial charge < -0.3 is 15.2 Å². The molecule has 0 aliphatic heterocycles. The molecular weight excluding hydrogens is 322 g/mol. The summed E-state index contributed by atoms with van der Waals surface area (Å²) < 4.78 is 6.05. The lowest BCUT2D eigenvalue weighted by atomic mass is 9.93. The van der Waals surface area contributed by atoms with Gasteiger partial charge in [0.05, 0.1) is 12.2 Å². The van der Waals surface area contributed by atoms with Gasteiger partial charge in [-0.25, -0.2) is 0 Å². The van der Waals surface area contributed by atoms with Crippen molar-refractivity contribution in [2.24, 2.45) is 0 Å². The standard InChI is InChI=1S/C23H31NO2/c1-17-19(21-12-5-9-18-8-4-11-20(18)21)10-6-13-22(17)26-15-7-14-24-16-23(2,3)25/h5-6,9-10,12-13,24-25H,4,7-8,11,14-16H2,1-3H3. The van der Waals surface area contributed by atoms with Crippen molar-refractivity contribution in [3.63, 3.8) is 0 Å². The second kappa shape index (κ2) is 8.24.